The maximum Gasteiger partial charge on any atom is 0.000145 e. The molecule has 15 heavy (non-hydrogen) atoms. The molecular weight excluding hydrogens is 180 g/mol. The van der Waals surface area contributed by atoms with E-state index in [1.54, 1.807) is 5.57 Å². The van der Waals surface area contributed by atoms with Crippen LogP contribution in [-0.2, 0) is 0 Å². The first kappa shape index (κ1) is 14.2. The Kier molecular flexibility index (Phi) is 7.11. The second-order valence-electron chi connectivity index (χ2n) is 4.25. The summed E-state index contributed by atoms with van der Waals surface area (Å²) >= 11 is 0. The first-order valence-electron chi connectivity index (χ1n) is 6.02. The van der Waals surface area contributed by atoms with Gasteiger partial charge in [-0.25, -0.2) is 0 Å². The summed E-state index contributed by atoms with van der Waals surface area (Å²) in [5.41, 5.74) is 4.58. The van der Waals surface area contributed by atoms with E-state index in [4.69, 9.17) is 0 Å². The minimum absolute atomic E-state index is 0.630. The van der Waals surface area contributed by atoms with E-state index in [1.807, 2.05) is 6.08 Å². The minimum Gasteiger partial charge on any atom is -0.103 e. The van der Waals surface area contributed by atoms with Gasteiger partial charge in [-0.1, -0.05) is 42.7 Å². The van der Waals surface area contributed by atoms with Crippen LogP contribution in [0.4, 0.5) is 0 Å². The fourth-order valence-electron chi connectivity index (χ4n) is 1.96. The summed E-state index contributed by atoms with van der Waals surface area (Å²) in [4.78, 5) is 0. The first-order valence-corrected chi connectivity index (χ1v) is 6.02. The monoisotopic (exact) mass is 206 g/mol. The van der Waals surface area contributed by atoms with Gasteiger partial charge in [0.05, 0.1) is 0 Å². The van der Waals surface area contributed by atoms with Crippen LogP contribution >= 0.6 is 0 Å². The standard InChI is InChI=1S/C15H26/c1-7-10-11-13(5)15(9-3)14(6)12(4)8-2/h7,11,15H,1,8-10H2,2-6H3. The van der Waals surface area contributed by atoms with Crippen LogP contribution < -0.4 is 0 Å². The zero-order valence-electron chi connectivity index (χ0n) is 11.1. The zero-order valence-corrected chi connectivity index (χ0v) is 11.1. The van der Waals surface area contributed by atoms with Crippen molar-refractivity contribution >= 4 is 0 Å². The van der Waals surface area contributed by atoms with Gasteiger partial charge in [0, 0.05) is 5.92 Å². The van der Waals surface area contributed by atoms with Crippen LogP contribution in [0, 0.1) is 5.92 Å². The summed E-state index contributed by atoms with van der Waals surface area (Å²) in [6.45, 7) is 15.0. The fraction of sp³-hybridized carbons (Fsp3) is 0.600. The Bertz CT molecular complexity index is 253. The van der Waals surface area contributed by atoms with Gasteiger partial charge < -0.3 is 0 Å². The van der Waals surface area contributed by atoms with Gasteiger partial charge in [-0.15, -0.1) is 6.58 Å². The van der Waals surface area contributed by atoms with Crippen LogP contribution in [0.1, 0.15) is 53.9 Å². The molecule has 0 aliphatic rings. The molecule has 0 N–H and O–H groups in total. The Morgan fingerprint density at radius 1 is 1.20 bits per heavy atom. The van der Waals surface area contributed by atoms with Crippen molar-refractivity contribution in [2.45, 2.75) is 53.9 Å². The van der Waals surface area contributed by atoms with Crippen molar-refractivity contribution in [3.63, 3.8) is 0 Å². The van der Waals surface area contributed by atoms with E-state index in [2.05, 4.69) is 47.3 Å². The number of hydrogen-bond donors (Lipinski definition) is 0. The number of rotatable bonds is 6. The molecule has 0 radical (unpaired) electrons. The number of allylic oxidation sites excluding steroid dienone is 5. The smallest absolute Gasteiger partial charge is 0.000145 e. The Labute approximate surface area is 95.8 Å². The highest BCUT2D eigenvalue weighted by atomic mass is 14.2. The van der Waals surface area contributed by atoms with E-state index in [0.29, 0.717) is 5.92 Å². The molecule has 0 aromatic rings. The molecule has 0 aliphatic heterocycles. The van der Waals surface area contributed by atoms with Gasteiger partial charge in [0.15, 0.2) is 0 Å². The van der Waals surface area contributed by atoms with E-state index < -0.39 is 0 Å². The van der Waals surface area contributed by atoms with Gasteiger partial charge in [-0.2, -0.15) is 0 Å². The Morgan fingerprint density at radius 3 is 2.20 bits per heavy atom. The third-order valence-corrected chi connectivity index (χ3v) is 3.29. The summed E-state index contributed by atoms with van der Waals surface area (Å²) in [5.74, 6) is 0.630. The molecule has 0 saturated heterocycles. The van der Waals surface area contributed by atoms with E-state index >= 15 is 0 Å². The van der Waals surface area contributed by atoms with E-state index in [1.165, 1.54) is 17.6 Å². The third kappa shape index (κ3) is 4.51. The second kappa shape index (κ2) is 7.50. The van der Waals surface area contributed by atoms with E-state index in [-0.39, 0.29) is 0 Å². The molecule has 0 nitrogen and oxygen atoms in total. The molecule has 1 unspecified atom stereocenters. The molecule has 0 rings (SSSR count). The first-order chi connectivity index (χ1) is 7.08. The zero-order chi connectivity index (χ0) is 11.8. The minimum atomic E-state index is 0.630. The molecule has 0 fully saturated rings. The van der Waals surface area contributed by atoms with E-state index in [0.717, 1.165) is 12.8 Å². The average Bonchev–Trinajstić information content (AvgIpc) is 2.25. The molecule has 0 heteroatoms. The Balaban J connectivity index is 4.83. The largest absolute Gasteiger partial charge is 0.103 e. The molecule has 0 aliphatic carbocycles. The van der Waals surface area contributed by atoms with Crippen LogP contribution in [0.25, 0.3) is 0 Å². The quantitative estimate of drug-likeness (QED) is 0.518. The molecule has 0 aromatic carbocycles. The highest BCUT2D eigenvalue weighted by Crippen LogP contribution is 2.27. The lowest BCUT2D eigenvalue weighted by Crippen LogP contribution is -2.04. The van der Waals surface area contributed by atoms with Gasteiger partial charge in [0.1, 0.15) is 0 Å². The van der Waals surface area contributed by atoms with Gasteiger partial charge in [-0.05, 0) is 40.0 Å². The highest BCUT2D eigenvalue weighted by Gasteiger charge is 2.11. The Morgan fingerprint density at radius 2 is 1.80 bits per heavy atom. The molecule has 0 spiro atoms. The van der Waals surface area contributed by atoms with Crippen LogP contribution in [0.2, 0.25) is 0 Å². The predicted molar refractivity (Wildman–Crippen MR) is 71.0 cm³/mol. The van der Waals surface area contributed by atoms with Crippen LogP contribution in [0.3, 0.4) is 0 Å². The van der Waals surface area contributed by atoms with Crippen LogP contribution in [-0.4, -0.2) is 0 Å². The molecular formula is C15H26. The molecule has 0 bridgehead atoms. The van der Waals surface area contributed by atoms with E-state index in [9.17, 15) is 0 Å². The fourth-order valence-corrected chi connectivity index (χ4v) is 1.96. The molecule has 0 amide bonds. The SMILES string of the molecule is C=CCC=C(C)C(CC)C(C)=C(C)CC. The maximum atomic E-state index is 3.76. The van der Waals surface area contributed by atoms with Gasteiger partial charge in [0.2, 0.25) is 0 Å². The van der Waals surface area contributed by atoms with Crippen molar-refractivity contribution in [2.24, 2.45) is 5.92 Å². The lowest BCUT2D eigenvalue weighted by molar-refractivity contribution is 0.669. The highest BCUT2D eigenvalue weighted by molar-refractivity contribution is 5.22. The maximum absolute atomic E-state index is 3.76. The van der Waals surface area contributed by atoms with Crippen molar-refractivity contribution in [2.75, 3.05) is 0 Å². The Hall–Kier alpha value is -0.780. The van der Waals surface area contributed by atoms with Crippen molar-refractivity contribution in [1.82, 2.24) is 0 Å². The summed E-state index contributed by atoms with van der Waals surface area (Å²) in [5, 5.41) is 0. The topological polar surface area (TPSA) is 0 Å². The van der Waals surface area contributed by atoms with Crippen LogP contribution in [0.15, 0.2) is 35.5 Å². The summed E-state index contributed by atoms with van der Waals surface area (Å²) in [6, 6.07) is 0. The summed E-state index contributed by atoms with van der Waals surface area (Å²) in [6.07, 6.45) is 7.61. The summed E-state index contributed by atoms with van der Waals surface area (Å²) < 4.78 is 0. The molecule has 1 atom stereocenters. The van der Waals surface area contributed by atoms with Crippen molar-refractivity contribution in [3.8, 4) is 0 Å². The van der Waals surface area contributed by atoms with Crippen LogP contribution in [0.5, 0.6) is 0 Å². The number of hydrogen-bond acceptors (Lipinski definition) is 0. The predicted octanol–water partition coefficient (Wildman–Crippen LogP) is 5.28. The molecule has 0 aromatic heterocycles. The second-order valence-corrected chi connectivity index (χ2v) is 4.25. The van der Waals surface area contributed by atoms with Crippen molar-refractivity contribution in [1.29, 1.82) is 0 Å². The third-order valence-electron chi connectivity index (χ3n) is 3.29. The van der Waals surface area contributed by atoms with Gasteiger partial charge in [0.25, 0.3) is 0 Å². The lowest BCUT2D eigenvalue weighted by atomic mass is 9.86. The van der Waals surface area contributed by atoms with Gasteiger partial charge >= 0.3 is 0 Å². The lowest BCUT2D eigenvalue weighted by Gasteiger charge is -2.19. The average molecular weight is 206 g/mol. The molecule has 86 valence electrons. The molecule has 0 saturated carbocycles. The van der Waals surface area contributed by atoms with Gasteiger partial charge in [-0.3, -0.25) is 0 Å². The summed E-state index contributed by atoms with van der Waals surface area (Å²) in [7, 11) is 0. The van der Waals surface area contributed by atoms with Crippen molar-refractivity contribution < 1.29 is 0 Å². The van der Waals surface area contributed by atoms with Crippen molar-refractivity contribution in [3.05, 3.63) is 35.5 Å². The normalized spacial score (nSPS) is 15.9. The molecule has 0 heterocycles.